The molecule has 1 amide bonds. The lowest BCUT2D eigenvalue weighted by molar-refractivity contribution is 0.0938. The van der Waals surface area contributed by atoms with E-state index in [1.165, 1.54) is 0 Å². The van der Waals surface area contributed by atoms with Crippen LogP contribution in [0.1, 0.15) is 34.6 Å². The van der Waals surface area contributed by atoms with E-state index in [9.17, 15) is 4.79 Å². The molecule has 0 fully saturated rings. The Morgan fingerprint density at radius 3 is 2.48 bits per heavy atom. The summed E-state index contributed by atoms with van der Waals surface area (Å²) in [5.74, 6) is 0.621. The van der Waals surface area contributed by atoms with Gasteiger partial charge in [-0.1, -0.05) is 42.5 Å². The van der Waals surface area contributed by atoms with E-state index < -0.39 is 0 Å². The summed E-state index contributed by atoms with van der Waals surface area (Å²) in [7, 11) is 1.64. The number of carbonyl (C=O) groups is 1. The zero-order valence-electron chi connectivity index (χ0n) is 16.6. The molecule has 146 valence electrons. The number of aromatic nitrogens is 3. The summed E-state index contributed by atoms with van der Waals surface area (Å²) in [5.41, 5.74) is 4.90. The van der Waals surface area contributed by atoms with Gasteiger partial charge in [-0.2, -0.15) is 5.10 Å². The molecule has 0 aliphatic heterocycles. The quantitative estimate of drug-likeness (QED) is 0.558. The second-order valence-electron chi connectivity index (χ2n) is 6.89. The lowest BCUT2D eigenvalue weighted by Crippen LogP contribution is -2.28. The molecule has 2 heterocycles. The van der Waals surface area contributed by atoms with Crippen molar-refractivity contribution in [3.8, 4) is 16.9 Å². The van der Waals surface area contributed by atoms with Crippen molar-refractivity contribution in [2.45, 2.75) is 19.9 Å². The van der Waals surface area contributed by atoms with Crippen molar-refractivity contribution >= 4 is 11.6 Å². The van der Waals surface area contributed by atoms with E-state index in [4.69, 9.17) is 4.74 Å². The summed E-state index contributed by atoms with van der Waals surface area (Å²) in [4.78, 5) is 17.4. The SMILES string of the molecule is COc1ccc(-c2cnn3c(C)c(C(=O)NC(C)c4ccccc4)cnc23)cc1. The predicted octanol–water partition coefficient (Wildman–Crippen LogP) is 4.20. The van der Waals surface area contributed by atoms with Gasteiger partial charge in [-0.3, -0.25) is 4.79 Å². The molecule has 0 aliphatic carbocycles. The number of hydrogen-bond donors (Lipinski definition) is 1. The second kappa shape index (κ2) is 7.75. The first-order chi connectivity index (χ1) is 14.1. The van der Waals surface area contributed by atoms with Gasteiger partial charge >= 0.3 is 0 Å². The van der Waals surface area contributed by atoms with Crippen molar-refractivity contribution < 1.29 is 9.53 Å². The molecule has 6 nitrogen and oxygen atoms in total. The Labute approximate surface area is 169 Å². The Morgan fingerprint density at radius 1 is 1.07 bits per heavy atom. The predicted molar refractivity (Wildman–Crippen MR) is 112 cm³/mol. The first kappa shape index (κ1) is 18.7. The number of methoxy groups -OCH3 is 1. The Hall–Kier alpha value is -3.67. The van der Waals surface area contributed by atoms with Gasteiger partial charge < -0.3 is 10.1 Å². The fourth-order valence-corrected chi connectivity index (χ4v) is 3.34. The van der Waals surface area contributed by atoms with Gasteiger partial charge in [0, 0.05) is 11.8 Å². The lowest BCUT2D eigenvalue weighted by Gasteiger charge is -2.15. The van der Waals surface area contributed by atoms with Gasteiger partial charge in [0.05, 0.1) is 30.6 Å². The first-order valence-electron chi connectivity index (χ1n) is 9.42. The molecule has 0 saturated heterocycles. The topological polar surface area (TPSA) is 68.5 Å². The van der Waals surface area contributed by atoms with Crippen molar-refractivity contribution in [3.05, 3.63) is 83.8 Å². The number of nitrogens with zero attached hydrogens (tertiary/aromatic N) is 3. The molecule has 4 aromatic rings. The molecule has 2 aromatic heterocycles. The zero-order chi connectivity index (χ0) is 20.4. The summed E-state index contributed by atoms with van der Waals surface area (Å²) in [6.07, 6.45) is 3.39. The van der Waals surface area contributed by atoms with Crippen LogP contribution >= 0.6 is 0 Å². The van der Waals surface area contributed by atoms with E-state index in [0.29, 0.717) is 11.2 Å². The highest BCUT2D eigenvalue weighted by Crippen LogP contribution is 2.26. The van der Waals surface area contributed by atoms with Crippen LogP contribution in [0.25, 0.3) is 16.8 Å². The third-order valence-electron chi connectivity index (χ3n) is 5.06. The number of nitrogens with one attached hydrogen (secondary N) is 1. The van der Waals surface area contributed by atoms with Crippen LogP contribution in [0.4, 0.5) is 0 Å². The van der Waals surface area contributed by atoms with Crippen LogP contribution in [-0.4, -0.2) is 27.6 Å². The molecule has 0 saturated carbocycles. The molecule has 1 N–H and O–H groups in total. The maximum atomic E-state index is 12.8. The fraction of sp³-hybridized carbons (Fsp3) is 0.174. The zero-order valence-corrected chi connectivity index (χ0v) is 16.6. The molecule has 6 heteroatoms. The van der Waals surface area contributed by atoms with E-state index in [1.807, 2.05) is 68.4 Å². The van der Waals surface area contributed by atoms with Crippen molar-refractivity contribution in [2.75, 3.05) is 7.11 Å². The Morgan fingerprint density at radius 2 is 1.79 bits per heavy atom. The summed E-state index contributed by atoms with van der Waals surface area (Å²) >= 11 is 0. The lowest BCUT2D eigenvalue weighted by atomic mass is 10.1. The third-order valence-corrected chi connectivity index (χ3v) is 5.06. The van der Waals surface area contributed by atoms with E-state index in [2.05, 4.69) is 15.4 Å². The standard InChI is InChI=1S/C23H22N4O2/c1-15(17-7-5-4-6-8-17)26-23(28)20-13-24-22-21(14-25-27(22)16(20)2)18-9-11-19(29-3)12-10-18/h4-15H,1-3H3,(H,26,28). The van der Waals surface area contributed by atoms with Crippen LogP contribution in [0.3, 0.4) is 0 Å². The van der Waals surface area contributed by atoms with Gasteiger partial charge in [0.25, 0.3) is 5.91 Å². The van der Waals surface area contributed by atoms with Crippen molar-refractivity contribution in [2.24, 2.45) is 0 Å². The van der Waals surface area contributed by atoms with E-state index in [1.54, 1.807) is 24.0 Å². The molecule has 0 bridgehead atoms. The molecule has 0 radical (unpaired) electrons. The number of carbonyl (C=O) groups excluding carboxylic acids is 1. The number of hydrogen-bond acceptors (Lipinski definition) is 4. The third kappa shape index (κ3) is 3.57. The highest BCUT2D eigenvalue weighted by atomic mass is 16.5. The van der Waals surface area contributed by atoms with Crippen molar-refractivity contribution in [3.63, 3.8) is 0 Å². The number of benzene rings is 2. The summed E-state index contributed by atoms with van der Waals surface area (Å²) in [6.45, 7) is 3.84. The largest absolute Gasteiger partial charge is 0.497 e. The van der Waals surface area contributed by atoms with E-state index >= 15 is 0 Å². The van der Waals surface area contributed by atoms with Gasteiger partial charge in [-0.15, -0.1) is 0 Å². The number of amides is 1. The molecule has 1 atom stereocenters. The van der Waals surface area contributed by atoms with Gasteiger partial charge in [0.2, 0.25) is 0 Å². The molecule has 2 aromatic carbocycles. The fourth-order valence-electron chi connectivity index (χ4n) is 3.34. The molecular weight excluding hydrogens is 364 g/mol. The number of ether oxygens (including phenoxy) is 1. The highest BCUT2D eigenvalue weighted by molar-refractivity contribution is 5.95. The van der Waals surface area contributed by atoms with Gasteiger partial charge in [0.15, 0.2) is 5.65 Å². The van der Waals surface area contributed by atoms with Crippen LogP contribution in [0.2, 0.25) is 0 Å². The van der Waals surface area contributed by atoms with Crippen LogP contribution in [0.5, 0.6) is 5.75 Å². The average Bonchev–Trinajstić information content (AvgIpc) is 3.19. The summed E-state index contributed by atoms with van der Waals surface area (Å²) < 4.78 is 6.93. The normalized spacial score (nSPS) is 12.0. The summed E-state index contributed by atoms with van der Waals surface area (Å²) in [5, 5.41) is 7.50. The van der Waals surface area contributed by atoms with Crippen LogP contribution in [0, 0.1) is 6.92 Å². The van der Waals surface area contributed by atoms with E-state index in [-0.39, 0.29) is 11.9 Å². The smallest absolute Gasteiger partial charge is 0.255 e. The number of aryl methyl sites for hydroxylation is 1. The summed E-state index contributed by atoms with van der Waals surface area (Å²) in [6, 6.07) is 17.5. The van der Waals surface area contributed by atoms with Crippen LogP contribution in [-0.2, 0) is 0 Å². The minimum Gasteiger partial charge on any atom is -0.497 e. The number of rotatable bonds is 5. The molecule has 0 aliphatic rings. The second-order valence-corrected chi connectivity index (χ2v) is 6.89. The van der Waals surface area contributed by atoms with Gasteiger partial charge in [0.1, 0.15) is 5.75 Å². The minimum absolute atomic E-state index is 0.105. The highest BCUT2D eigenvalue weighted by Gasteiger charge is 2.18. The monoisotopic (exact) mass is 386 g/mol. The Kier molecular flexibility index (Phi) is 4.99. The Bertz CT molecular complexity index is 1150. The molecule has 1 unspecified atom stereocenters. The van der Waals surface area contributed by atoms with Crippen LogP contribution in [0.15, 0.2) is 67.0 Å². The van der Waals surface area contributed by atoms with Crippen molar-refractivity contribution in [1.29, 1.82) is 0 Å². The minimum atomic E-state index is -0.172. The van der Waals surface area contributed by atoms with Crippen molar-refractivity contribution in [1.82, 2.24) is 19.9 Å². The molecule has 29 heavy (non-hydrogen) atoms. The van der Waals surface area contributed by atoms with Gasteiger partial charge in [-0.25, -0.2) is 9.50 Å². The molecular formula is C23H22N4O2. The maximum Gasteiger partial charge on any atom is 0.255 e. The average molecular weight is 386 g/mol. The Balaban J connectivity index is 1.63. The van der Waals surface area contributed by atoms with Crippen LogP contribution < -0.4 is 10.1 Å². The first-order valence-corrected chi connectivity index (χ1v) is 9.42. The molecule has 0 spiro atoms. The van der Waals surface area contributed by atoms with E-state index in [0.717, 1.165) is 28.1 Å². The molecule has 4 rings (SSSR count). The van der Waals surface area contributed by atoms with Gasteiger partial charge in [-0.05, 0) is 37.1 Å². The maximum absolute atomic E-state index is 12.8. The number of fused-ring (bicyclic) bond motifs is 1.